The first-order chi connectivity index (χ1) is 51.3. The molecule has 2 aromatic carbocycles. The summed E-state index contributed by atoms with van der Waals surface area (Å²) in [4.78, 5) is 13.8. The maximum Gasteiger partial charge on any atom is 0.124 e. The number of unbranched alkanes of at least 4 members (excludes halogenated alkanes) is 35. The molecule has 0 amide bonds. The van der Waals surface area contributed by atoms with Gasteiger partial charge in [-0.25, -0.2) is 0 Å². The van der Waals surface area contributed by atoms with Crippen molar-refractivity contribution in [3.63, 3.8) is 0 Å². The number of benzene rings is 2. The lowest BCUT2D eigenvalue weighted by Gasteiger charge is -2.12. The molecule has 1 aliphatic rings. The van der Waals surface area contributed by atoms with E-state index < -0.39 is 0 Å². The minimum absolute atomic E-state index is 0.521. The van der Waals surface area contributed by atoms with E-state index in [0.717, 1.165) is 59.3 Å². The van der Waals surface area contributed by atoms with Crippen molar-refractivity contribution in [2.45, 2.75) is 383 Å². The van der Waals surface area contributed by atoms with Crippen molar-refractivity contribution in [2.24, 2.45) is 14.6 Å². The molecule has 9 aromatic rings. The molecule has 1 aliphatic heterocycles. The summed E-state index contributed by atoms with van der Waals surface area (Å²) in [6.07, 6.45) is 65.3. The minimum Gasteiger partial charge on any atom is -0.183 e. The zero-order valence-electron chi connectivity index (χ0n) is 66.4. The SMILES string of the molecule is CCCCCCCCCCc1cc(-c2c3cc(-c4sc(-c5c6c(c(-c7cc(CCCCCC)cs7)c7nn(CC(CC)CCCC)nc57)N=S=N6)cc4CCCCCC)sc3c(-c3cc(CCCCCCCCCC)c(CCCCCCCCCC)s3)c3ccsc23)sc1CCCCCCCCCC. The van der Waals surface area contributed by atoms with E-state index in [-0.39, 0.29) is 0 Å². The van der Waals surface area contributed by atoms with Crippen LogP contribution in [0.25, 0.3) is 82.7 Å². The Morgan fingerprint density at radius 1 is 0.346 bits per heavy atom. The van der Waals surface area contributed by atoms with E-state index in [1.807, 2.05) is 34.0 Å². The fourth-order valence-corrected chi connectivity index (χ4v) is 24.2. The molecule has 0 N–H and O–H groups in total. The van der Waals surface area contributed by atoms with Crippen LogP contribution in [0.3, 0.4) is 0 Å². The molecule has 0 saturated carbocycles. The number of aryl methyl sites for hydroxylation is 6. The lowest BCUT2D eigenvalue weighted by atomic mass is 9.97. The summed E-state index contributed by atoms with van der Waals surface area (Å²) in [5.74, 6) is 0.521. The van der Waals surface area contributed by atoms with Gasteiger partial charge in [0.1, 0.15) is 22.4 Å². The van der Waals surface area contributed by atoms with Crippen LogP contribution in [-0.4, -0.2) is 15.0 Å². The van der Waals surface area contributed by atoms with Crippen molar-refractivity contribution in [3.05, 3.63) is 79.2 Å². The first-order valence-electron chi connectivity index (χ1n) is 43.3. The molecule has 0 fully saturated rings. The highest BCUT2D eigenvalue weighted by Gasteiger charge is 2.32. The second kappa shape index (κ2) is 46.1. The Kier molecular flexibility index (Phi) is 36.8. The molecule has 0 saturated heterocycles. The highest BCUT2D eigenvalue weighted by molar-refractivity contribution is 7.58. The summed E-state index contributed by atoms with van der Waals surface area (Å²) in [6, 6.07) is 15.8. The normalized spacial score (nSPS) is 12.7. The standard InChI is InChI=1S/C92H135N5S7/c1-9-17-24-30-34-38-42-48-54-70-62-78(100-75(70)57-50-44-40-36-32-26-19-11-3)82-73-59-60-98-91(73)83(79-63-71(55-49-43-39-35-31-25-18-10-2)76(101-79)58-51-45-41-37-33-27-20-12-4)74-65-81(103-92(74)82)90-72(56-47-29-22-14-6)64-80(102-90)85-87-86(93-97(94-87)66-68(16-8)52-23-15-7)84(88-89(85)96-104-95-88)77-61-69(67-99-77)53-46-28-21-13-5/h59-65,67-68H,9-58,66H2,1-8H3. The quantitative estimate of drug-likeness (QED) is 0.0357. The van der Waals surface area contributed by atoms with E-state index in [1.165, 1.54) is 385 Å². The highest BCUT2D eigenvalue weighted by Crippen LogP contribution is 2.58. The largest absolute Gasteiger partial charge is 0.183 e. The number of thiophene rings is 6. The van der Waals surface area contributed by atoms with Gasteiger partial charge in [-0.2, -0.15) is 23.7 Å². The molecule has 1 atom stereocenters. The molecule has 10 rings (SSSR count). The van der Waals surface area contributed by atoms with Crippen molar-refractivity contribution in [3.8, 4) is 51.5 Å². The molecule has 570 valence electrons. The number of hydrogen-bond acceptors (Lipinski definition) is 10. The van der Waals surface area contributed by atoms with Gasteiger partial charge in [-0.3, -0.25) is 0 Å². The second-order valence-electron chi connectivity index (χ2n) is 31.3. The Labute approximate surface area is 659 Å². The molecule has 1 unspecified atom stereocenters. The summed E-state index contributed by atoms with van der Waals surface area (Å²) >= 11 is 13.7. The zero-order chi connectivity index (χ0) is 72.5. The molecule has 0 radical (unpaired) electrons. The molecule has 8 heterocycles. The van der Waals surface area contributed by atoms with Crippen molar-refractivity contribution >= 4 is 122 Å². The Morgan fingerprint density at radius 3 is 1.25 bits per heavy atom. The third kappa shape index (κ3) is 23.5. The Bertz CT molecular complexity index is 3800. The average molecular weight is 1540 g/mol. The Hall–Kier alpha value is -3.62. The summed E-state index contributed by atoms with van der Waals surface area (Å²) in [6.45, 7) is 19.5. The first kappa shape index (κ1) is 82.9. The summed E-state index contributed by atoms with van der Waals surface area (Å²) in [5.41, 5.74) is 15.4. The average Bonchev–Trinajstić information content (AvgIpc) is 1.56. The van der Waals surface area contributed by atoms with Gasteiger partial charge >= 0.3 is 0 Å². The minimum atomic E-state index is 0.521. The van der Waals surface area contributed by atoms with Crippen LogP contribution in [0, 0.1) is 5.92 Å². The van der Waals surface area contributed by atoms with E-state index in [2.05, 4.69) is 141 Å². The molecular weight excluding hydrogens is 1400 g/mol. The summed E-state index contributed by atoms with van der Waals surface area (Å²) in [7, 11) is 0. The summed E-state index contributed by atoms with van der Waals surface area (Å²) < 4.78 is 13.6. The lowest BCUT2D eigenvalue weighted by molar-refractivity contribution is 0.351. The molecule has 0 spiro atoms. The molecule has 7 aromatic heterocycles. The van der Waals surface area contributed by atoms with E-state index in [1.54, 1.807) is 20.9 Å². The highest BCUT2D eigenvalue weighted by atomic mass is 32.1. The van der Waals surface area contributed by atoms with Crippen LogP contribution in [0.2, 0.25) is 0 Å². The van der Waals surface area contributed by atoms with E-state index in [9.17, 15) is 0 Å². The molecule has 12 heteroatoms. The Balaban J connectivity index is 1.13. The third-order valence-electron chi connectivity index (χ3n) is 22.6. The van der Waals surface area contributed by atoms with Crippen LogP contribution < -0.4 is 0 Å². The molecular formula is C92H135N5S7. The maximum atomic E-state index is 5.67. The second-order valence-corrected chi connectivity index (χ2v) is 38.0. The van der Waals surface area contributed by atoms with Gasteiger partial charge < -0.3 is 0 Å². The van der Waals surface area contributed by atoms with Gasteiger partial charge in [0.2, 0.25) is 0 Å². The number of nitrogens with zero attached hydrogens (tertiary/aromatic N) is 5. The van der Waals surface area contributed by atoms with Crippen molar-refractivity contribution < 1.29 is 0 Å². The van der Waals surface area contributed by atoms with Crippen LogP contribution in [-0.2, 0) is 56.4 Å². The molecule has 0 bridgehead atoms. The number of hydrogen-bond donors (Lipinski definition) is 0. The fraction of sp³-hybridized carbons (Fsp3) is 0.652. The Morgan fingerprint density at radius 2 is 0.760 bits per heavy atom. The zero-order valence-corrected chi connectivity index (χ0v) is 72.1. The van der Waals surface area contributed by atoms with Gasteiger partial charge in [0.05, 0.1) is 29.0 Å². The monoisotopic (exact) mass is 1530 g/mol. The smallest absolute Gasteiger partial charge is 0.124 e. The fourth-order valence-electron chi connectivity index (χ4n) is 16.3. The molecule has 5 nitrogen and oxygen atoms in total. The molecule has 0 aliphatic carbocycles. The van der Waals surface area contributed by atoms with Crippen LogP contribution in [0.1, 0.15) is 370 Å². The van der Waals surface area contributed by atoms with Crippen LogP contribution >= 0.6 is 68.0 Å². The van der Waals surface area contributed by atoms with Gasteiger partial charge in [0, 0.05) is 70.3 Å². The van der Waals surface area contributed by atoms with E-state index in [4.69, 9.17) is 18.9 Å². The first-order valence-corrected chi connectivity index (χ1v) is 49.0. The van der Waals surface area contributed by atoms with Crippen molar-refractivity contribution in [2.75, 3.05) is 0 Å². The molecule has 104 heavy (non-hydrogen) atoms. The topological polar surface area (TPSA) is 55.4 Å². The number of fused-ring (bicyclic) bond motifs is 4. The third-order valence-corrected chi connectivity index (χ3v) is 30.1. The summed E-state index contributed by atoms with van der Waals surface area (Å²) in [5, 5.41) is 19.1. The van der Waals surface area contributed by atoms with Gasteiger partial charge in [-0.1, -0.05) is 293 Å². The number of rotatable bonds is 57. The number of aromatic nitrogens is 3. The maximum absolute atomic E-state index is 5.67. The predicted octanol–water partition coefficient (Wildman–Crippen LogP) is 34.4. The predicted molar refractivity (Wildman–Crippen MR) is 473 cm³/mol. The lowest BCUT2D eigenvalue weighted by Crippen LogP contribution is -2.12. The van der Waals surface area contributed by atoms with Gasteiger partial charge in [-0.05, 0) is 159 Å². The van der Waals surface area contributed by atoms with Crippen molar-refractivity contribution in [1.29, 1.82) is 0 Å². The van der Waals surface area contributed by atoms with Gasteiger partial charge in [0.15, 0.2) is 0 Å². The van der Waals surface area contributed by atoms with Gasteiger partial charge in [0.25, 0.3) is 0 Å². The van der Waals surface area contributed by atoms with E-state index >= 15 is 0 Å². The van der Waals surface area contributed by atoms with Crippen LogP contribution in [0.15, 0.2) is 55.9 Å². The van der Waals surface area contributed by atoms with Crippen molar-refractivity contribution in [1.82, 2.24) is 15.0 Å². The van der Waals surface area contributed by atoms with Gasteiger partial charge in [-0.15, -0.1) is 68.0 Å². The van der Waals surface area contributed by atoms with Crippen LogP contribution in [0.4, 0.5) is 11.4 Å². The van der Waals surface area contributed by atoms with E-state index in [0.29, 0.717) is 5.92 Å². The van der Waals surface area contributed by atoms with Crippen LogP contribution in [0.5, 0.6) is 0 Å².